The van der Waals surface area contributed by atoms with Gasteiger partial charge in [0.25, 0.3) is 0 Å². The number of hydrogen-bond donors (Lipinski definition) is 7. The van der Waals surface area contributed by atoms with E-state index in [0.717, 1.165) is 44.9 Å². The van der Waals surface area contributed by atoms with Gasteiger partial charge in [0.15, 0.2) is 0 Å². The van der Waals surface area contributed by atoms with Crippen molar-refractivity contribution in [1.29, 1.82) is 0 Å². The van der Waals surface area contributed by atoms with Crippen molar-refractivity contribution < 1.29 is 53.2 Å². The maximum absolute atomic E-state index is 14.3. The lowest BCUT2D eigenvalue weighted by Gasteiger charge is -2.36. The van der Waals surface area contributed by atoms with Crippen molar-refractivity contribution in [3.63, 3.8) is 0 Å². The van der Waals surface area contributed by atoms with E-state index in [1.807, 2.05) is 13.8 Å². The van der Waals surface area contributed by atoms with Gasteiger partial charge in [-0.3, -0.25) is 24.0 Å². The average molecular weight is 785 g/mol. The molecule has 0 aromatic carbocycles. The highest BCUT2D eigenvalue weighted by atomic mass is 16.5. The number of amides is 6. The van der Waals surface area contributed by atoms with Gasteiger partial charge in [-0.25, -0.2) is 4.79 Å². The molecule has 316 valence electrons. The number of aliphatic hydroxyl groups is 2. The average Bonchev–Trinajstić information content (AvgIpc) is 3.15. The van der Waals surface area contributed by atoms with E-state index in [9.17, 15) is 39.0 Å². The molecule has 2 aliphatic rings. The summed E-state index contributed by atoms with van der Waals surface area (Å²) in [6.45, 7) is 7.41. The van der Waals surface area contributed by atoms with Crippen molar-refractivity contribution in [1.82, 2.24) is 26.2 Å². The number of nitrogens with two attached hydrogens (primary N) is 1. The van der Waals surface area contributed by atoms with Crippen molar-refractivity contribution in [2.24, 2.45) is 23.5 Å². The number of nitrogens with one attached hydrogen (secondary N) is 4. The first kappa shape index (κ1) is 47.6. The van der Waals surface area contributed by atoms with Gasteiger partial charge in [-0.15, -0.1) is 0 Å². The van der Waals surface area contributed by atoms with Crippen molar-refractivity contribution in [2.45, 2.75) is 148 Å². The van der Waals surface area contributed by atoms with E-state index in [-0.39, 0.29) is 31.0 Å². The van der Waals surface area contributed by atoms with Gasteiger partial charge in [-0.1, -0.05) is 72.6 Å². The highest BCUT2D eigenvalue weighted by Gasteiger charge is 2.39. The van der Waals surface area contributed by atoms with Crippen LogP contribution >= 0.6 is 0 Å². The number of hydrogen-bond acceptors (Lipinski definition) is 11. The summed E-state index contributed by atoms with van der Waals surface area (Å²) >= 11 is 0. The molecule has 1 heterocycles. The maximum atomic E-state index is 14.3. The normalized spacial score (nSPS) is 27.9. The monoisotopic (exact) mass is 784 g/mol. The zero-order valence-corrected chi connectivity index (χ0v) is 33.7. The lowest BCUT2D eigenvalue weighted by molar-refractivity contribution is -0.147. The van der Waals surface area contributed by atoms with Gasteiger partial charge in [0, 0.05) is 13.1 Å². The smallest absolute Gasteiger partial charge is 0.404 e. The molecule has 2 fully saturated rings. The first-order valence-corrected chi connectivity index (χ1v) is 20.0. The second kappa shape index (κ2) is 24.9. The molecule has 2 rings (SSSR count). The maximum Gasteiger partial charge on any atom is 0.404 e. The minimum absolute atomic E-state index is 0.0123. The molecule has 17 nitrogen and oxygen atoms in total. The predicted molar refractivity (Wildman–Crippen MR) is 203 cm³/mol. The lowest BCUT2D eigenvalue weighted by Crippen LogP contribution is -2.61. The molecule has 0 bridgehead atoms. The minimum atomic E-state index is -1.55. The Morgan fingerprint density at radius 2 is 1.55 bits per heavy atom. The van der Waals surface area contributed by atoms with E-state index in [2.05, 4.69) is 28.2 Å². The molecule has 17 heteroatoms. The molecule has 8 N–H and O–H groups in total. The third-order valence-electron chi connectivity index (χ3n) is 10.2. The highest BCUT2D eigenvalue weighted by molar-refractivity contribution is 5.96. The Bertz CT molecular complexity index is 1230. The van der Waals surface area contributed by atoms with Crippen molar-refractivity contribution in [3.8, 4) is 0 Å². The van der Waals surface area contributed by atoms with Gasteiger partial charge >= 0.3 is 6.09 Å². The molecule has 0 spiro atoms. The van der Waals surface area contributed by atoms with Crippen LogP contribution in [0.2, 0.25) is 0 Å². The molecule has 6 amide bonds. The SMILES string of the molecule is CCCCCC[C@H]1OC[C@@H](C)NC(=O)[C@H](COC[C@@H](O)CO)NC(=O)[C@H](COC(N)=O)NC(=O)[C@H](C2CCCCC2)NC(=O)[C@H](CC(C)C)N(C)C(=O)[C@@H]1C. The van der Waals surface area contributed by atoms with E-state index in [4.69, 9.17) is 19.9 Å². The molecule has 0 radical (unpaired) electrons. The molecular formula is C38H68N6O11. The Labute approximate surface area is 325 Å². The second-order valence-electron chi connectivity index (χ2n) is 15.5. The topological polar surface area (TPSA) is 248 Å². The fraction of sp³-hybridized carbons (Fsp3) is 0.842. The van der Waals surface area contributed by atoms with Gasteiger partial charge in [0.05, 0.1) is 38.4 Å². The van der Waals surface area contributed by atoms with Gasteiger partial charge in [-0.05, 0) is 44.4 Å². The number of primary amides is 1. The fourth-order valence-electron chi connectivity index (χ4n) is 6.98. The standard InChI is InChI=1S/C38H68N6O11/c1-7-8-9-13-16-31-25(5)37(51)44(6)30(17-23(2)3)35(49)43-32(26-14-11-10-12-15-26)36(50)42-29(22-55-38(39)52)34(48)41-28(21-53-20-27(46)18-45)33(47)40-24(4)19-54-31/h23-32,45-46H,7-22H2,1-6H3,(H2,39,52)(H,40,47)(H,41,48)(H,42,50)(H,43,49)/t24-,25-,27+,28+,29+,30+,31-,32+/m1/s1. The minimum Gasteiger partial charge on any atom is -0.447 e. The van der Waals surface area contributed by atoms with Gasteiger partial charge in [0.2, 0.25) is 29.5 Å². The first-order chi connectivity index (χ1) is 26.1. The lowest BCUT2D eigenvalue weighted by atomic mass is 9.83. The summed E-state index contributed by atoms with van der Waals surface area (Å²) in [5.74, 6) is -4.06. The van der Waals surface area contributed by atoms with Crippen LogP contribution in [-0.4, -0.2) is 133 Å². The van der Waals surface area contributed by atoms with E-state index < -0.39 is 97.9 Å². The molecule has 0 aromatic heterocycles. The van der Waals surface area contributed by atoms with E-state index in [1.165, 1.54) is 4.90 Å². The van der Waals surface area contributed by atoms with Crippen LogP contribution in [-0.2, 0) is 38.2 Å². The van der Waals surface area contributed by atoms with Gasteiger partial charge in [0.1, 0.15) is 36.9 Å². The number of unbranched alkanes of at least 4 members (excludes halogenated alkanes) is 3. The van der Waals surface area contributed by atoms with Gasteiger partial charge < -0.3 is 56.3 Å². The molecule has 55 heavy (non-hydrogen) atoms. The Balaban J connectivity index is 2.62. The summed E-state index contributed by atoms with van der Waals surface area (Å²) in [6, 6.07) is -5.56. The van der Waals surface area contributed by atoms with Crippen LogP contribution in [0, 0.1) is 17.8 Å². The summed E-state index contributed by atoms with van der Waals surface area (Å²) < 4.78 is 16.7. The summed E-state index contributed by atoms with van der Waals surface area (Å²) in [4.78, 5) is 83.1. The number of carbonyl (C=O) groups is 6. The Morgan fingerprint density at radius 1 is 0.909 bits per heavy atom. The summed E-state index contributed by atoms with van der Waals surface area (Å²) in [5, 5.41) is 29.9. The zero-order valence-electron chi connectivity index (χ0n) is 33.7. The van der Waals surface area contributed by atoms with Crippen LogP contribution in [0.3, 0.4) is 0 Å². The number of carbonyl (C=O) groups excluding carboxylic acids is 6. The van der Waals surface area contributed by atoms with E-state index in [0.29, 0.717) is 25.7 Å². The molecule has 1 aliphatic carbocycles. The van der Waals surface area contributed by atoms with E-state index in [1.54, 1.807) is 20.9 Å². The number of aliphatic hydroxyl groups excluding tert-OH is 2. The van der Waals surface area contributed by atoms with Crippen molar-refractivity contribution >= 4 is 35.6 Å². The Morgan fingerprint density at radius 3 is 2.16 bits per heavy atom. The molecular weight excluding hydrogens is 716 g/mol. The molecule has 1 saturated carbocycles. The van der Waals surface area contributed by atoms with Crippen LogP contribution in [0.5, 0.6) is 0 Å². The Kier molecular flexibility index (Phi) is 21.5. The number of ether oxygens (including phenoxy) is 3. The summed E-state index contributed by atoms with van der Waals surface area (Å²) in [6.07, 6.45) is 5.56. The zero-order chi connectivity index (χ0) is 41.1. The third-order valence-corrected chi connectivity index (χ3v) is 10.2. The number of nitrogens with zero attached hydrogens (tertiary/aromatic N) is 1. The fourth-order valence-corrected chi connectivity index (χ4v) is 6.98. The summed E-state index contributed by atoms with van der Waals surface area (Å²) in [7, 11) is 1.59. The summed E-state index contributed by atoms with van der Waals surface area (Å²) in [5.41, 5.74) is 5.21. The van der Waals surface area contributed by atoms with Crippen LogP contribution in [0.25, 0.3) is 0 Å². The quantitative estimate of drug-likeness (QED) is 0.115. The largest absolute Gasteiger partial charge is 0.447 e. The highest BCUT2D eigenvalue weighted by Crippen LogP contribution is 2.28. The second-order valence-corrected chi connectivity index (χ2v) is 15.5. The van der Waals surface area contributed by atoms with Gasteiger partial charge in [-0.2, -0.15) is 0 Å². The van der Waals surface area contributed by atoms with E-state index >= 15 is 0 Å². The molecule has 0 unspecified atom stereocenters. The molecule has 1 saturated heterocycles. The van der Waals surface area contributed by atoms with Crippen LogP contribution in [0.15, 0.2) is 0 Å². The van der Waals surface area contributed by atoms with Crippen molar-refractivity contribution in [2.75, 3.05) is 40.1 Å². The third kappa shape index (κ3) is 16.6. The van der Waals surface area contributed by atoms with Crippen LogP contribution in [0.1, 0.15) is 105 Å². The number of likely N-dealkylation sites (N-methyl/N-ethyl adjacent to an activating group) is 1. The van der Waals surface area contributed by atoms with Crippen LogP contribution in [0.4, 0.5) is 4.79 Å². The first-order valence-electron chi connectivity index (χ1n) is 20.0. The molecule has 8 atom stereocenters. The number of rotatable bonds is 15. The van der Waals surface area contributed by atoms with Crippen molar-refractivity contribution in [3.05, 3.63) is 0 Å². The van der Waals surface area contributed by atoms with Crippen LogP contribution < -0.4 is 27.0 Å². The molecule has 1 aliphatic heterocycles. The predicted octanol–water partition coefficient (Wildman–Crippen LogP) is 0.869. The Hall–Kier alpha value is -3.54. The molecule has 0 aromatic rings.